The van der Waals surface area contributed by atoms with E-state index >= 15 is 0 Å². The lowest BCUT2D eigenvalue weighted by atomic mass is 9.54. The summed E-state index contributed by atoms with van der Waals surface area (Å²) in [5, 5.41) is 0. The summed E-state index contributed by atoms with van der Waals surface area (Å²) in [5.74, 6) is -3.24. The summed E-state index contributed by atoms with van der Waals surface area (Å²) in [6.07, 6.45) is 5.08. The highest BCUT2D eigenvalue weighted by Crippen LogP contribution is 2.60. The highest BCUT2D eigenvalue weighted by molar-refractivity contribution is 5.68. The Morgan fingerprint density at radius 1 is 1.00 bits per heavy atom. The summed E-state index contributed by atoms with van der Waals surface area (Å²) >= 11 is 0. The lowest BCUT2D eigenvalue weighted by molar-refractivity contribution is 0.0671. The first kappa shape index (κ1) is 14.5. The van der Waals surface area contributed by atoms with Gasteiger partial charge in [0, 0.05) is 42.2 Å². The fourth-order valence-corrected chi connectivity index (χ4v) is 4.33. The van der Waals surface area contributed by atoms with Crippen molar-refractivity contribution in [2.24, 2.45) is 5.41 Å². The molecular weight excluding hydrogens is 303 g/mol. The van der Waals surface area contributed by atoms with Gasteiger partial charge in [-0.05, 0) is 18.3 Å². The zero-order valence-corrected chi connectivity index (χ0v) is 12.9. The van der Waals surface area contributed by atoms with Gasteiger partial charge in [0.15, 0.2) is 23.3 Å². The molecule has 0 bridgehead atoms. The summed E-state index contributed by atoms with van der Waals surface area (Å²) in [7, 11) is 0. The Kier molecular flexibility index (Phi) is 2.81. The quantitative estimate of drug-likeness (QED) is 0.741. The molecule has 1 saturated carbocycles. The molecule has 1 aliphatic heterocycles. The highest BCUT2D eigenvalue weighted by Gasteiger charge is 2.57. The number of halogens is 3. The number of nitrogens with zero attached hydrogens (tertiary/aromatic N) is 3. The number of aromatic nitrogens is 2. The van der Waals surface area contributed by atoms with E-state index in [-0.39, 0.29) is 16.5 Å². The molecule has 1 fully saturated rings. The van der Waals surface area contributed by atoms with Crippen LogP contribution >= 0.6 is 0 Å². The van der Waals surface area contributed by atoms with Gasteiger partial charge in [-0.3, -0.25) is 4.98 Å². The first-order chi connectivity index (χ1) is 10.8. The van der Waals surface area contributed by atoms with E-state index in [2.05, 4.69) is 23.8 Å². The standard InChI is InChI=1S/C17H16F3N3/c1-16(2)7-17(8-16)9-23(15-14(17)21-3-4-22-15)10-5-11(18)13(20)12(19)6-10/h3-6H,7-9H2,1-2H3. The Labute approximate surface area is 132 Å². The van der Waals surface area contributed by atoms with Crippen molar-refractivity contribution in [2.45, 2.75) is 32.1 Å². The Morgan fingerprint density at radius 3 is 2.22 bits per heavy atom. The Balaban J connectivity index is 1.80. The van der Waals surface area contributed by atoms with E-state index in [1.54, 1.807) is 17.3 Å². The molecule has 4 rings (SSSR count). The number of benzene rings is 1. The molecule has 0 radical (unpaired) electrons. The fourth-order valence-electron chi connectivity index (χ4n) is 4.33. The van der Waals surface area contributed by atoms with Crippen molar-refractivity contribution < 1.29 is 13.2 Å². The molecule has 23 heavy (non-hydrogen) atoms. The van der Waals surface area contributed by atoms with Crippen LogP contribution in [0.2, 0.25) is 0 Å². The van der Waals surface area contributed by atoms with Crippen LogP contribution in [-0.2, 0) is 5.41 Å². The minimum absolute atomic E-state index is 0.144. The maximum atomic E-state index is 13.6. The SMILES string of the molecule is CC1(C)CC2(CN(c3cc(F)c(F)c(F)c3)c3nccnc32)C1. The molecule has 0 atom stereocenters. The lowest BCUT2D eigenvalue weighted by Crippen LogP contribution is -2.49. The monoisotopic (exact) mass is 319 g/mol. The Bertz CT molecular complexity index is 772. The molecule has 0 unspecified atom stereocenters. The molecule has 0 N–H and O–H groups in total. The molecule has 1 aromatic carbocycles. The van der Waals surface area contributed by atoms with Crippen molar-refractivity contribution in [3.05, 3.63) is 47.7 Å². The molecule has 1 spiro atoms. The number of hydrogen-bond donors (Lipinski definition) is 0. The van der Waals surface area contributed by atoms with Crippen LogP contribution in [0.4, 0.5) is 24.7 Å². The molecule has 1 aromatic heterocycles. The van der Waals surface area contributed by atoms with E-state index in [9.17, 15) is 13.2 Å². The summed E-state index contributed by atoms with van der Waals surface area (Å²) in [5.41, 5.74) is 1.20. The third-order valence-electron chi connectivity index (χ3n) is 4.81. The van der Waals surface area contributed by atoms with E-state index in [4.69, 9.17) is 0 Å². The molecule has 1 aliphatic carbocycles. The van der Waals surface area contributed by atoms with Crippen molar-refractivity contribution in [3.63, 3.8) is 0 Å². The van der Waals surface area contributed by atoms with Gasteiger partial charge in [-0.15, -0.1) is 0 Å². The lowest BCUT2D eigenvalue weighted by Gasteiger charge is -2.51. The van der Waals surface area contributed by atoms with E-state index in [1.165, 1.54) is 0 Å². The molecule has 2 aromatic rings. The van der Waals surface area contributed by atoms with Crippen LogP contribution in [0.15, 0.2) is 24.5 Å². The van der Waals surface area contributed by atoms with Gasteiger partial charge in [0.1, 0.15) is 0 Å². The number of hydrogen-bond acceptors (Lipinski definition) is 3. The number of fused-ring (bicyclic) bond motifs is 2. The molecule has 0 saturated heterocycles. The average Bonchev–Trinajstić information content (AvgIpc) is 2.79. The topological polar surface area (TPSA) is 29.0 Å². The van der Waals surface area contributed by atoms with Crippen LogP contribution in [0.3, 0.4) is 0 Å². The number of anilines is 2. The minimum atomic E-state index is -1.45. The molecule has 2 aliphatic rings. The smallest absolute Gasteiger partial charge is 0.194 e. The maximum Gasteiger partial charge on any atom is 0.194 e. The minimum Gasteiger partial charge on any atom is -0.324 e. The Morgan fingerprint density at radius 2 is 1.61 bits per heavy atom. The van der Waals surface area contributed by atoms with E-state index < -0.39 is 17.5 Å². The van der Waals surface area contributed by atoms with Gasteiger partial charge in [0.25, 0.3) is 0 Å². The second kappa shape index (κ2) is 4.46. The average molecular weight is 319 g/mol. The molecule has 6 heteroatoms. The van der Waals surface area contributed by atoms with Crippen molar-refractivity contribution >= 4 is 11.5 Å². The maximum absolute atomic E-state index is 13.6. The molecule has 0 amide bonds. The zero-order valence-electron chi connectivity index (χ0n) is 12.9. The van der Waals surface area contributed by atoms with Crippen LogP contribution < -0.4 is 4.90 Å². The van der Waals surface area contributed by atoms with E-state index in [0.29, 0.717) is 12.4 Å². The first-order valence-electron chi connectivity index (χ1n) is 7.55. The van der Waals surface area contributed by atoms with Crippen LogP contribution in [0.5, 0.6) is 0 Å². The van der Waals surface area contributed by atoms with Gasteiger partial charge in [0.05, 0.1) is 5.69 Å². The summed E-state index contributed by atoms with van der Waals surface area (Å²) in [4.78, 5) is 10.6. The van der Waals surface area contributed by atoms with Crippen LogP contribution in [-0.4, -0.2) is 16.5 Å². The summed E-state index contributed by atoms with van der Waals surface area (Å²) in [6.45, 7) is 4.93. The summed E-state index contributed by atoms with van der Waals surface area (Å²) < 4.78 is 40.4. The van der Waals surface area contributed by atoms with Gasteiger partial charge < -0.3 is 4.90 Å². The third kappa shape index (κ3) is 2.04. The van der Waals surface area contributed by atoms with Gasteiger partial charge in [-0.25, -0.2) is 18.2 Å². The first-order valence-corrected chi connectivity index (χ1v) is 7.55. The Hall–Kier alpha value is -2.11. The van der Waals surface area contributed by atoms with E-state index in [0.717, 1.165) is 30.7 Å². The van der Waals surface area contributed by atoms with Crippen LogP contribution in [0.25, 0.3) is 0 Å². The van der Waals surface area contributed by atoms with Crippen molar-refractivity contribution in [1.82, 2.24) is 9.97 Å². The predicted molar refractivity (Wildman–Crippen MR) is 80.0 cm³/mol. The molecule has 120 valence electrons. The largest absolute Gasteiger partial charge is 0.324 e. The normalized spacial score (nSPS) is 20.5. The van der Waals surface area contributed by atoms with Crippen LogP contribution in [0, 0.1) is 22.9 Å². The highest BCUT2D eigenvalue weighted by atomic mass is 19.2. The van der Waals surface area contributed by atoms with Crippen molar-refractivity contribution in [2.75, 3.05) is 11.4 Å². The fraction of sp³-hybridized carbons (Fsp3) is 0.412. The van der Waals surface area contributed by atoms with Crippen LogP contribution in [0.1, 0.15) is 32.4 Å². The summed E-state index contributed by atoms with van der Waals surface area (Å²) in [6, 6.07) is 2.03. The van der Waals surface area contributed by atoms with Gasteiger partial charge >= 0.3 is 0 Å². The van der Waals surface area contributed by atoms with Gasteiger partial charge in [0.2, 0.25) is 0 Å². The van der Waals surface area contributed by atoms with Gasteiger partial charge in [-0.1, -0.05) is 13.8 Å². The molecular formula is C17H16F3N3. The number of rotatable bonds is 1. The second-order valence-electron chi connectivity index (χ2n) is 7.34. The zero-order chi connectivity index (χ0) is 16.4. The second-order valence-corrected chi connectivity index (χ2v) is 7.34. The molecule has 2 heterocycles. The van der Waals surface area contributed by atoms with Gasteiger partial charge in [-0.2, -0.15) is 0 Å². The van der Waals surface area contributed by atoms with Crippen molar-refractivity contribution in [1.29, 1.82) is 0 Å². The van der Waals surface area contributed by atoms with Crippen molar-refractivity contribution in [3.8, 4) is 0 Å². The third-order valence-corrected chi connectivity index (χ3v) is 4.81. The van der Waals surface area contributed by atoms with E-state index in [1.807, 2.05) is 0 Å². The molecule has 3 nitrogen and oxygen atoms in total. The predicted octanol–water partition coefficient (Wildman–Crippen LogP) is 4.10.